The Morgan fingerprint density at radius 3 is 2.62 bits per heavy atom. The van der Waals surface area contributed by atoms with Gasteiger partial charge in [0.25, 0.3) is 5.91 Å². The molecule has 1 aliphatic heterocycles. The van der Waals surface area contributed by atoms with Crippen LogP contribution in [0.5, 0.6) is 0 Å². The van der Waals surface area contributed by atoms with Crippen molar-refractivity contribution in [1.82, 2.24) is 19.7 Å². The van der Waals surface area contributed by atoms with Gasteiger partial charge in [0, 0.05) is 48.8 Å². The first-order chi connectivity index (χ1) is 16.1. The van der Waals surface area contributed by atoms with Crippen LogP contribution in [0.4, 0.5) is 13.2 Å². The number of amides is 1. The van der Waals surface area contributed by atoms with Gasteiger partial charge in [-0.1, -0.05) is 24.6 Å². The summed E-state index contributed by atoms with van der Waals surface area (Å²) in [5.74, 6) is 0.261. The fourth-order valence-corrected chi connectivity index (χ4v) is 4.75. The predicted molar refractivity (Wildman–Crippen MR) is 124 cm³/mol. The van der Waals surface area contributed by atoms with E-state index in [0.29, 0.717) is 30.6 Å². The summed E-state index contributed by atoms with van der Waals surface area (Å²) in [5.41, 5.74) is 3.03. The van der Waals surface area contributed by atoms with E-state index in [0.717, 1.165) is 41.9 Å². The zero-order valence-corrected chi connectivity index (χ0v) is 19.6. The number of benzene rings is 1. The topological polar surface area (TPSA) is 51.0 Å². The largest absolute Gasteiger partial charge is 0.417 e. The van der Waals surface area contributed by atoms with Gasteiger partial charge in [0.1, 0.15) is 0 Å². The number of nitrogens with zero attached hydrogens (tertiary/aromatic N) is 4. The summed E-state index contributed by atoms with van der Waals surface area (Å²) >= 11 is 0. The standard InChI is InChI=1S/C26H29F3N4O/c1-17-6-10-21(23-12-14-32(3)31-23)22(15-17)25(34)33-13-4-5-18(2)24(33)11-9-20-8-7-19(16-30-20)26(27,28)29/h6-8,10,12,14-16,18,24H,4-5,9,11,13H2,1-3H3/t18-,24-/m1/s1. The second-order valence-electron chi connectivity index (χ2n) is 9.18. The van der Waals surface area contributed by atoms with Crippen molar-refractivity contribution < 1.29 is 18.0 Å². The molecule has 5 nitrogen and oxygen atoms in total. The molecule has 2 aromatic heterocycles. The molecule has 1 aliphatic rings. The summed E-state index contributed by atoms with van der Waals surface area (Å²) in [6, 6.07) is 10.2. The van der Waals surface area contributed by atoms with Gasteiger partial charge in [-0.2, -0.15) is 18.3 Å². The number of halogens is 3. The van der Waals surface area contributed by atoms with Gasteiger partial charge in [0.05, 0.1) is 11.3 Å². The molecule has 8 heteroatoms. The van der Waals surface area contributed by atoms with Gasteiger partial charge in [-0.3, -0.25) is 14.5 Å². The van der Waals surface area contributed by atoms with Crippen molar-refractivity contribution in [1.29, 1.82) is 0 Å². The Balaban J connectivity index is 1.57. The second-order valence-corrected chi connectivity index (χ2v) is 9.18. The molecule has 0 radical (unpaired) electrons. The van der Waals surface area contributed by atoms with Crippen LogP contribution in [0.15, 0.2) is 48.8 Å². The summed E-state index contributed by atoms with van der Waals surface area (Å²) in [6.45, 7) is 4.76. The van der Waals surface area contributed by atoms with Crippen LogP contribution < -0.4 is 0 Å². The Bertz CT molecular complexity index is 1150. The Hall–Kier alpha value is -3.16. The first kappa shape index (κ1) is 24.0. The minimum atomic E-state index is -4.40. The number of piperidine rings is 1. The summed E-state index contributed by atoms with van der Waals surface area (Å²) in [6.07, 6.45) is 1.43. The maximum atomic E-state index is 13.8. The van der Waals surface area contributed by atoms with E-state index < -0.39 is 11.7 Å². The molecular formula is C26H29F3N4O. The fraction of sp³-hybridized carbons (Fsp3) is 0.423. The summed E-state index contributed by atoms with van der Waals surface area (Å²) in [4.78, 5) is 19.8. The number of aromatic nitrogens is 3. The smallest absolute Gasteiger partial charge is 0.335 e. The lowest BCUT2D eigenvalue weighted by Crippen LogP contribution is -2.48. The molecule has 3 heterocycles. The van der Waals surface area contributed by atoms with Crippen LogP contribution in [-0.4, -0.2) is 38.2 Å². The number of hydrogen-bond acceptors (Lipinski definition) is 3. The van der Waals surface area contributed by atoms with Gasteiger partial charge >= 0.3 is 6.18 Å². The highest BCUT2D eigenvalue weighted by atomic mass is 19.4. The SMILES string of the molecule is Cc1ccc(-c2ccn(C)n2)c(C(=O)N2CCC[C@@H](C)[C@H]2CCc2ccc(C(F)(F)F)cn2)c1. The molecule has 0 aliphatic carbocycles. The van der Waals surface area contributed by atoms with E-state index >= 15 is 0 Å². The molecule has 0 saturated carbocycles. The van der Waals surface area contributed by atoms with Gasteiger partial charge in [0.15, 0.2) is 0 Å². The number of alkyl halides is 3. The number of rotatable bonds is 5. The lowest BCUT2D eigenvalue weighted by atomic mass is 9.86. The molecule has 34 heavy (non-hydrogen) atoms. The lowest BCUT2D eigenvalue weighted by molar-refractivity contribution is -0.137. The average molecular weight is 471 g/mol. The molecule has 0 unspecified atom stereocenters. The molecule has 0 spiro atoms. The third-order valence-corrected chi connectivity index (χ3v) is 6.62. The molecule has 3 aromatic rings. The Morgan fingerprint density at radius 1 is 1.18 bits per heavy atom. The van der Waals surface area contributed by atoms with Crippen molar-refractivity contribution in [3.8, 4) is 11.3 Å². The average Bonchev–Trinajstić information content (AvgIpc) is 3.23. The minimum absolute atomic E-state index is 0.0116. The first-order valence-electron chi connectivity index (χ1n) is 11.6. The molecular weight excluding hydrogens is 441 g/mol. The van der Waals surface area contributed by atoms with Crippen molar-refractivity contribution in [2.75, 3.05) is 6.54 Å². The zero-order valence-electron chi connectivity index (χ0n) is 19.6. The molecule has 4 rings (SSSR count). The van der Waals surface area contributed by atoms with E-state index in [1.54, 1.807) is 4.68 Å². The van der Waals surface area contributed by atoms with E-state index in [1.807, 2.05) is 49.3 Å². The first-order valence-corrected chi connectivity index (χ1v) is 11.6. The van der Waals surface area contributed by atoms with E-state index in [9.17, 15) is 18.0 Å². The number of hydrogen-bond donors (Lipinski definition) is 0. The fourth-order valence-electron chi connectivity index (χ4n) is 4.75. The monoisotopic (exact) mass is 470 g/mol. The lowest BCUT2D eigenvalue weighted by Gasteiger charge is -2.40. The summed E-state index contributed by atoms with van der Waals surface area (Å²) in [5, 5.41) is 4.49. The van der Waals surface area contributed by atoms with Crippen LogP contribution in [0, 0.1) is 12.8 Å². The predicted octanol–water partition coefficient (Wildman–Crippen LogP) is 5.68. The van der Waals surface area contributed by atoms with Crippen molar-refractivity contribution in [3.05, 3.63) is 71.2 Å². The van der Waals surface area contributed by atoms with Crippen molar-refractivity contribution in [2.24, 2.45) is 13.0 Å². The van der Waals surface area contributed by atoms with Crippen LogP contribution in [0.2, 0.25) is 0 Å². The van der Waals surface area contributed by atoms with E-state index in [-0.39, 0.29) is 17.9 Å². The second kappa shape index (κ2) is 9.60. The number of likely N-dealkylation sites (tertiary alicyclic amines) is 1. The van der Waals surface area contributed by atoms with Gasteiger partial charge in [-0.15, -0.1) is 0 Å². The maximum absolute atomic E-state index is 13.8. The summed E-state index contributed by atoms with van der Waals surface area (Å²) < 4.78 is 40.2. The molecule has 0 bridgehead atoms. The molecule has 0 N–H and O–H groups in total. The van der Waals surface area contributed by atoms with Crippen LogP contribution in [0.1, 0.15) is 53.4 Å². The Labute approximate surface area is 197 Å². The number of carbonyl (C=O) groups is 1. The quantitative estimate of drug-likeness (QED) is 0.482. The van der Waals surface area contributed by atoms with Crippen molar-refractivity contribution in [2.45, 2.75) is 51.7 Å². The third kappa shape index (κ3) is 5.16. The third-order valence-electron chi connectivity index (χ3n) is 6.62. The van der Waals surface area contributed by atoms with Gasteiger partial charge in [-0.25, -0.2) is 0 Å². The Kier molecular flexibility index (Phi) is 6.77. The Morgan fingerprint density at radius 2 is 1.97 bits per heavy atom. The van der Waals surface area contributed by atoms with E-state index in [4.69, 9.17) is 0 Å². The summed E-state index contributed by atoms with van der Waals surface area (Å²) in [7, 11) is 1.84. The van der Waals surface area contributed by atoms with Crippen molar-refractivity contribution >= 4 is 5.91 Å². The number of aryl methyl sites for hydroxylation is 3. The molecule has 1 fully saturated rings. The number of carbonyl (C=O) groups excluding carboxylic acids is 1. The molecule has 180 valence electrons. The van der Waals surface area contributed by atoms with Crippen LogP contribution >= 0.6 is 0 Å². The van der Waals surface area contributed by atoms with Crippen LogP contribution in [-0.2, 0) is 19.6 Å². The zero-order chi connectivity index (χ0) is 24.5. The number of pyridine rings is 1. The normalized spacial score (nSPS) is 18.8. The minimum Gasteiger partial charge on any atom is -0.335 e. The van der Waals surface area contributed by atoms with Gasteiger partial charge in [0.2, 0.25) is 0 Å². The molecule has 1 aromatic carbocycles. The van der Waals surface area contributed by atoms with E-state index in [2.05, 4.69) is 17.0 Å². The molecule has 1 saturated heterocycles. The van der Waals surface area contributed by atoms with Crippen molar-refractivity contribution in [3.63, 3.8) is 0 Å². The highest BCUT2D eigenvalue weighted by Gasteiger charge is 2.34. The van der Waals surface area contributed by atoms with Gasteiger partial charge < -0.3 is 4.90 Å². The van der Waals surface area contributed by atoms with Gasteiger partial charge in [-0.05, 0) is 62.8 Å². The molecule has 1 amide bonds. The maximum Gasteiger partial charge on any atom is 0.417 e. The van der Waals surface area contributed by atoms with E-state index in [1.165, 1.54) is 6.07 Å². The highest BCUT2D eigenvalue weighted by Crippen LogP contribution is 2.32. The highest BCUT2D eigenvalue weighted by molar-refractivity contribution is 6.01. The molecule has 2 atom stereocenters. The van der Waals surface area contributed by atoms with Crippen LogP contribution in [0.25, 0.3) is 11.3 Å². The van der Waals surface area contributed by atoms with Crippen LogP contribution in [0.3, 0.4) is 0 Å².